The molecule has 68 valence electrons. The molecule has 0 aromatic rings. The van der Waals surface area contributed by atoms with Crippen LogP contribution < -0.4 is 0 Å². The third kappa shape index (κ3) is 9.96. The van der Waals surface area contributed by atoms with Gasteiger partial charge in [-0.05, 0) is 26.2 Å². The average Bonchev–Trinajstić information content (AvgIpc) is 1.78. The molecule has 0 rings (SSSR count). The smallest absolute Gasteiger partial charge is 0.0591 e. The zero-order valence-electron chi connectivity index (χ0n) is 8.35. The molecule has 0 aromatic heterocycles. The van der Waals surface area contributed by atoms with Gasteiger partial charge in [-0.2, -0.15) is 0 Å². The molecule has 0 bridgehead atoms. The number of rotatable bonds is 5. The first kappa shape index (κ1) is 11.0. The van der Waals surface area contributed by atoms with Gasteiger partial charge in [-0.1, -0.05) is 33.1 Å². The first-order valence-electron chi connectivity index (χ1n) is 4.64. The molecule has 1 nitrogen and oxygen atoms in total. The minimum absolute atomic E-state index is 0.461. The minimum atomic E-state index is -0.461. The monoisotopic (exact) mass is 158 g/mol. The van der Waals surface area contributed by atoms with E-state index in [2.05, 4.69) is 13.8 Å². The van der Waals surface area contributed by atoms with Crippen molar-refractivity contribution in [3.63, 3.8) is 0 Å². The molecule has 0 heterocycles. The van der Waals surface area contributed by atoms with Gasteiger partial charge in [0.1, 0.15) is 0 Å². The van der Waals surface area contributed by atoms with E-state index in [1.807, 2.05) is 13.8 Å². The fraction of sp³-hybridized carbons (Fsp3) is 1.00. The predicted octanol–water partition coefficient (Wildman–Crippen LogP) is 2.97. The lowest BCUT2D eigenvalue weighted by Gasteiger charge is -2.16. The molecule has 0 saturated heterocycles. The standard InChI is InChI=1S/C10H22O/c1-9(2)7-5-6-8-10(3,4)11/h9,11H,5-8H2,1-4H3. The van der Waals surface area contributed by atoms with Gasteiger partial charge in [0.15, 0.2) is 0 Å². The van der Waals surface area contributed by atoms with Crippen molar-refractivity contribution in [3.05, 3.63) is 0 Å². The molecule has 0 spiro atoms. The van der Waals surface area contributed by atoms with Crippen molar-refractivity contribution in [3.8, 4) is 0 Å². The Morgan fingerprint density at radius 1 is 1.18 bits per heavy atom. The summed E-state index contributed by atoms with van der Waals surface area (Å²) in [6.45, 7) is 8.24. The molecule has 1 N–H and O–H groups in total. The van der Waals surface area contributed by atoms with Crippen LogP contribution in [0.1, 0.15) is 53.4 Å². The summed E-state index contributed by atoms with van der Waals surface area (Å²) in [6, 6.07) is 0. The molecule has 1 heteroatoms. The molecular weight excluding hydrogens is 136 g/mol. The van der Waals surface area contributed by atoms with Gasteiger partial charge in [-0.3, -0.25) is 0 Å². The average molecular weight is 158 g/mol. The Labute approximate surface area is 70.8 Å². The zero-order chi connectivity index (χ0) is 8.91. The lowest BCUT2D eigenvalue weighted by molar-refractivity contribution is 0.0678. The van der Waals surface area contributed by atoms with Crippen LogP contribution in [0.2, 0.25) is 0 Å². The van der Waals surface area contributed by atoms with E-state index < -0.39 is 5.60 Å². The molecule has 11 heavy (non-hydrogen) atoms. The number of unbranched alkanes of at least 4 members (excludes halogenated alkanes) is 1. The largest absolute Gasteiger partial charge is 0.390 e. The normalized spacial score (nSPS) is 12.5. The molecule has 0 aliphatic rings. The molecule has 0 saturated carbocycles. The molecule has 0 unspecified atom stereocenters. The predicted molar refractivity (Wildman–Crippen MR) is 49.6 cm³/mol. The SMILES string of the molecule is CC(C)CCCCC(C)(C)O. The molecule has 0 atom stereocenters. The Kier molecular flexibility index (Phi) is 4.74. The van der Waals surface area contributed by atoms with Gasteiger partial charge in [-0.15, -0.1) is 0 Å². The van der Waals surface area contributed by atoms with Crippen LogP contribution in [0.15, 0.2) is 0 Å². The van der Waals surface area contributed by atoms with Crippen LogP contribution in [-0.2, 0) is 0 Å². The number of hydrogen-bond donors (Lipinski definition) is 1. The van der Waals surface area contributed by atoms with Crippen molar-refractivity contribution in [1.29, 1.82) is 0 Å². The summed E-state index contributed by atoms with van der Waals surface area (Å²) >= 11 is 0. The van der Waals surface area contributed by atoms with Crippen LogP contribution >= 0.6 is 0 Å². The van der Waals surface area contributed by atoms with E-state index in [1.54, 1.807) is 0 Å². The Morgan fingerprint density at radius 2 is 1.73 bits per heavy atom. The van der Waals surface area contributed by atoms with Gasteiger partial charge in [-0.25, -0.2) is 0 Å². The molecule has 0 amide bonds. The fourth-order valence-electron chi connectivity index (χ4n) is 1.11. The van der Waals surface area contributed by atoms with E-state index in [9.17, 15) is 5.11 Å². The van der Waals surface area contributed by atoms with Gasteiger partial charge in [0.2, 0.25) is 0 Å². The Balaban J connectivity index is 3.15. The van der Waals surface area contributed by atoms with Crippen molar-refractivity contribution in [2.75, 3.05) is 0 Å². The molecular formula is C10H22O. The summed E-state index contributed by atoms with van der Waals surface area (Å²) in [7, 11) is 0. The number of hydrogen-bond acceptors (Lipinski definition) is 1. The van der Waals surface area contributed by atoms with Crippen molar-refractivity contribution in [2.45, 2.75) is 59.0 Å². The van der Waals surface area contributed by atoms with Crippen molar-refractivity contribution >= 4 is 0 Å². The Hall–Kier alpha value is -0.0400. The maximum atomic E-state index is 9.38. The summed E-state index contributed by atoms with van der Waals surface area (Å²) in [4.78, 5) is 0. The van der Waals surface area contributed by atoms with Crippen molar-refractivity contribution in [1.82, 2.24) is 0 Å². The van der Waals surface area contributed by atoms with Gasteiger partial charge in [0, 0.05) is 0 Å². The summed E-state index contributed by atoms with van der Waals surface area (Å²) in [5, 5.41) is 9.38. The Morgan fingerprint density at radius 3 is 2.09 bits per heavy atom. The summed E-state index contributed by atoms with van der Waals surface area (Å²) < 4.78 is 0. The highest BCUT2D eigenvalue weighted by molar-refractivity contribution is 4.64. The van der Waals surface area contributed by atoms with E-state index in [4.69, 9.17) is 0 Å². The summed E-state index contributed by atoms with van der Waals surface area (Å²) in [5.74, 6) is 0.803. The lowest BCUT2D eigenvalue weighted by Crippen LogP contribution is -2.17. The molecule has 0 aromatic carbocycles. The van der Waals surface area contributed by atoms with Gasteiger partial charge >= 0.3 is 0 Å². The van der Waals surface area contributed by atoms with Crippen LogP contribution in [0.25, 0.3) is 0 Å². The maximum Gasteiger partial charge on any atom is 0.0591 e. The highest BCUT2D eigenvalue weighted by Crippen LogP contribution is 2.15. The second-order valence-corrected chi connectivity index (χ2v) is 4.45. The lowest BCUT2D eigenvalue weighted by atomic mass is 9.98. The highest BCUT2D eigenvalue weighted by atomic mass is 16.3. The van der Waals surface area contributed by atoms with Gasteiger partial charge in [0.05, 0.1) is 5.60 Å². The van der Waals surface area contributed by atoms with Gasteiger partial charge < -0.3 is 5.11 Å². The second kappa shape index (κ2) is 4.76. The van der Waals surface area contributed by atoms with Crippen LogP contribution in [0.4, 0.5) is 0 Å². The maximum absolute atomic E-state index is 9.38. The van der Waals surface area contributed by atoms with E-state index in [-0.39, 0.29) is 0 Å². The first-order chi connectivity index (χ1) is 4.92. The fourth-order valence-corrected chi connectivity index (χ4v) is 1.11. The van der Waals surface area contributed by atoms with E-state index in [1.165, 1.54) is 12.8 Å². The van der Waals surface area contributed by atoms with Crippen LogP contribution in [0.3, 0.4) is 0 Å². The second-order valence-electron chi connectivity index (χ2n) is 4.45. The first-order valence-corrected chi connectivity index (χ1v) is 4.64. The van der Waals surface area contributed by atoms with E-state index in [0.29, 0.717) is 0 Å². The number of aliphatic hydroxyl groups is 1. The third-order valence-electron chi connectivity index (χ3n) is 1.82. The molecule has 0 aliphatic carbocycles. The Bertz CT molecular complexity index is 89.5. The summed E-state index contributed by atoms with van der Waals surface area (Å²) in [6.07, 6.45) is 4.62. The van der Waals surface area contributed by atoms with Crippen LogP contribution in [0, 0.1) is 5.92 Å². The van der Waals surface area contributed by atoms with E-state index >= 15 is 0 Å². The minimum Gasteiger partial charge on any atom is -0.390 e. The summed E-state index contributed by atoms with van der Waals surface area (Å²) in [5.41, 5.74) is -0.461. The van der Waals surface area contributed by atoms with Crippen molar-refractivity contribution in [2.24, 2.45) is 5.92 Å². The van der Waals surface area contributed by atoms with Crippen LogP contribution in [-0.4, -0.2) is 10.7 Å². The van der Waals surface area contributed by atoms with Gasteiger partial charge in [0.25, 0.3) is 0 Å². The van der Waals surface area contributed by atoms with Crippen LogP contribution in [0.5, 0.6) is 0 Å². The zero-order valence-corrected chi connectivity index (χ0v) is 8.35. The quantitative estimate of drug-likeness (QED) is 0.610. The highest BCUT2D eigenvalue weighted by Gasteiger charge is 2.10. The topological polar surface area (TPSA) is 20.2 Å². The molecule has 0 aliphatic heterocycles. The van der Waals surface area contributed by atoms with Crippen molar-refractivity contribution < 1.29 is 5.11 Å². The third-order valence-corrected chi connectivity index (χ3v) is 1.82. The molecule has 0 radical (unpaired) electrons. The van der Waals surface area contributed by atoms with E-state index in [0.717, 1.165) is 18.8 Å². The molecule has 0 fully saturated rings.